The number of nitrogens with zero attached hydrogens (tertiary/aromatic N) is 2. The molecule has 1 aromatic heterocycles. The van der Waals surface area contributed by atoms with Gasteiger partial charge in [-0.05, 0) is 55.3 Å². The number of rotatable bonds is 4. The van der Waals surface area contributed by atoms with E-state index in [1.807, 2.05) is 18.3 Å². The van der Waals surface area contributed by atoms with Crippen molar-refractivity contribution in [2.75, 3.05) is 32.6 Å². The zero-order valence-electron chi connectivity index (χ0n) is 17.8. The minimum Gasteiger partial charge on any atom is -0.493 e. The van der Waals surface area contributed by atoms with E-state index in [0.717, 1.165) is 11.4 Å². The molecule has 0 bridgehead atoms. The van der Waals surface area contributed by atoms with Crippen LogP contribution < -0.4 is 14.8 Å². The van der Waals surface area contributed by atoms with Crippen molar-refractivity contribution in [3.05, 3.63) is 66.2 Å². The van der Waals surface area contributed by atoms with Crippen molar-refractivity contribution in [1.29, 1.82) is 0 Å². The Hall–Kier alpha value is -3.04. The van der Waals surface area contributed by atoms with Gasteiger partial charge in [-0.15, -0.1) is 0 Å². The van der Waals surface area contributed by atoms with Gasteiger partial charge in [-0.3, -0.25) is 0 Å². The minimum absolute atomic E-state index is 0.165. The number of fused-ring (bicyclic) bond motifs is 4. The van der Waals surface area contributed by atoms with Gasteiger partial charge in [-0.2, -0.15) is 4.31 Å². The molecule has 1 saturated heterocycles. The van der Waals surface area contributed by atoms with Crippen LogP contribution in [0, 0.1) is 5.82 Å². The Morgan fingerprint density at radius 2 is 1.75 bits per heavy atom. The number of hydrogen-bond acceptors (Lipinski definition) is 5. The van der Waals surface area contributed by atoms with Gasteiger partial charge in [0.1, 0.15) is 5.82 Å². The van der Waals surface area contributed by atoms with Gasteiger partial charge < -0.3 is 19.4 Å². The number of benzene rings is 2. The summed E-state index contributed by atoms with van der Waals surface area (Å²) in [5.41, 5.74) is 2.19. The van der Waals surface area contributed by atoms with Crippen molar-refractivity contribution < 1.29 is 22.3 Å². The third-order valence-electron chi connectivity index (χ3n) is 6.40. The van der Waals surface area contributed by atoms with Crippen molar-refractivity contribution in [2.45, 2.75) is 23.3 Å². The van der Waals surface area contributed by atoms with Crippen molar-refractivity contribution >= 4 is 15.7 Å². The molecule has 7 nitrogen and oxygen atoms in total. The smallest absolute Gasteiger partial charge is 0.243 e. The molecule has 0 amide bonds. The summed E-state index contributed by atoms with van der Waals surface area (Å²) in [5, 5.41) is 3.52. The van der Waals surface area contributed by atoms with Crippen LogP contribution in [-0.4, -0.2) is 44.6 Å². The van der Waals surface area contributed by atoms with Gasteiger partial charge in [0.15, 0.2) is 11.5 Å². The van der Waals surface area contributed by atoms with Crippen LogP contribution in [0.5, 0.6) is 11.5 Å². The molecule has 1 N–H and O–H groups in total. The molecular weight excluding hydrogens is 433 g/mol. The highest BCUT2D eigenvalue weighted by atomic mass is 32.2. The second kappa shape index (κ2) is 7.53. The molecule has 2 aliphatic heterocycles. The molecule has 32 heavy (non-hydrogen) atoms. The van der Waals surface area contributed by atoms with E-state index < -0.39 is 15.6 Å². The van der Waals surface area contributed by atoms with Gasteiger partial charge in [-0.25, -0.2) is 12.8 Å². The first-order valence-corrected chi connectivity index (χ1v) is 11.8. The summed E-state index contributed by atoms with van der Waals surface area (Å²) in [5.74, 6) is 0.532. The molecule has 5 rings (SSSR count). The lowest BCUT2D eigenvalue weighted by molar-refractivity contribution is 0.247. The van der Waals surface area contributed by atoms with E-state index in [2.05, 4.69) is 9.88 Å². The molecule has 2 aliphatic rings. The van der Waals surface area contributed by atoms with Crippen molar-refractivity contribution in [1.82, 2.24) is 8.87 Å². The lowest BCUT2D eigenvalue weighted by atomic mass is 9.83. The Bertz CT molecular complexity index is 1280. The van der Waals surface area contributed by atoms with E-state index in [-0.39, 0.29) is 10.7 Å². The molecule has 1 spiro atoms. The topological polar surface area (TPSA) is 72.8 Å². The molecule has 0 atom stereocenters. The van der Waals surface area contributed by atoms with Gasteiger partial charge in [0.05, 0.1) is 36.0 Å². The van der Waals surface area contributed by atoms with Crippen molar-refractivity contribution in [2.24, 2.45) is 0 Å². The average Bonchev–Trinajstić information content (AvgIpc) is 3.30. The van der Waals surface area contributed by atoms with Gasteiger partial charge in [0.25, 0.3) is 0 Å². The zero-order valence-corrected chi connectivity index (χ0v) is 18.7. The third-order valence-corrected chi connectivity index (χ3v) is 8.29. The predicted octanol–water partition coefficient (Wildman–Crippen LogP) is 3.74. The van der Waals surface area contributed by atoms with E-state index in [4.69, 9.17) is 9.47 Å². The van der Waals surface area contributed by atoms with Crippen LogP contribution in [0.4, 0.5) is 10.1 Å². The first-order valence-electron chi connectivity index (χ1n) is 10.4. The van der Waals surface area contributed by atoms with Crippen LogP contribution >= 0.6 is 0 Å². The van der Waals surface area contributed by atoms with Crippen LogP contribution in [0.15, 0.2) is 59.6 Å². The molecule has 3 heterocycles. The first-order chi connectivity index (χ1) is 15.4. The molecule has 2 aromatic carbocycles. The molecule has 0 aliphatic carbocycles. The molecule has 0 radical (unpaired) electrons. The van der Waals surface area contributed by atoms with Crippen LogP contribution in [0.25, 0.3) is 5.69 Å². The van der Waals surface area contributed by atoms with Gasteiger partial charge in [-0.1, -0.05) is 0 Å². The highest BCUT2D eigenvalue weighted by Gasteiger charge is 2.44. The highest BCUT2D eigenvalue weighted by molar-refractivity contribution is 7.89. The molecule has 9 heteroatoms. The summed E-state index contributed by atoms with van der Waals surface area (Å²) in [4.78, 5) is 0.165. The van der Waals surface area contributed by atoms with Crippen molar-refractivity contribution in [3.63, 3.8) is 0 Å². The van der Waals surface area contributed by atoms with Gasteiger partial charge >= 0.3 is 0 Å². The Morgan fingerprint density at radius 3 is 2.47 bits per heavy atom. The summed E-state index contributed by atoms with van der Waals surface area (Å²) in [6.07, 6.45) is 3.07. The quantitative estimate of drug-likeness (QED) is 0.646. The SMILES string of the molecule is COc1ccc(S(=O)(=O)N2CCC3(CC2)Nc2cc(F)ccc2-n2cccc23)cc1OC. The summed E-state index contributed by atoms with van der Waals surface area (Å²) < 4.78 is 54.6. The van der Waals surface area contributed by atoms with E-state index in [1.54, 1.807) is 12.1 Å². The Kier molecular flexibility index (Phi) is 4.90. The fourth-order valence-corrected chi connectivity index (χ4v) is 6.19. The third kappa shape index (κ3) is 3.15. The fraction of sp³-hybridized carbons (Fsp3) is 0.304. The van der Waals surface area contributed by atoms with Crippen LogP contribution in [0.1, 0.15) is 18.5 Å². The number of halogens is 1. The maximum atomic E-state index is 13.9. The second-order valence-electron chi connectivity index (χ2n) is 8.05. The highest BCUT2D eigenvalue weighted by Crippen LogP contribution is 2.44. The Balaban J connectivity index is 1.43. The van der Waals surface area contributed by atoms with E-state index in [0.29, 0.717) is 43.1 Å². The van der Waals surface area contributed by atoms with Crippen LogP contribution in [-0.2, 0) is 15.6 Å². The standard InChI is InChI=1S/C23H24FN3O4S/c1-30-20-8-6-17(15-21(20)31-2)32(28,29)26-12-9-23(10-13-26)22-4-3-11-27(22)19-7-5-16(24)14-18(19)25-23/h3-8,11,14-15,25H,9-10,12-13H2,1-2H3. The Labute approximate surface area is 186 Å². The number of aromatic nitrogens is 1. The first kappa shape index (κ1) is 20.8. The molecule has 168 valence electrons. The molecule has 0 unspecified atom stereocenters. The summed E-state index contributed by atoms with van der Waals surface area (Å²) in [7, 11) is -0.720. The Morgan fingerprint density at radius 1 is 1.00 bits per heavy atom. The predicted molar refractivity (Wildman–Crippen MR) is 119 cm³/mol. The lowest BCUT2D eigenvalue weighted by Crippen LogP contribution is -2.51. The van der Waals surface area contributed by atoms with E-state index >= 15 is 0 Å². The average molecular weight is 458 g/mol. The number of ether oxygens (including phenoxy) is 2. The maximum absolute atomic E-state index is 13.9. The van der Waals surface area contributed by atoms with Crippen LogP contribution in [0.2, 0.25) is 0 Å². The second-order valence-corrected chi connectivity index (χ2v) is 9.99. The summed E-state index contributed by atoms with van der Waals surface area (Å²) in [6.45, 7) is 0.666. The number of sulfonamides is 1. The van der Waals surface area contributed by atoms with Crippen molar-refractivity contribution in [3.8, 4) is 17.2 Å². The summed E-state index contributed by atoms with van der Waals surface area (Å²) in [6, 6.07) is 13.3. The molecule has 0 saturated carbocycles. The monoisotopic (exact) mass is 457 g/mol. The zero-order chi connectivity index (χ0) is 22.5. The van der Waals surface area contributed by atoms with Gasteiger partial charge in [0.2, 0.25) is 10.0 Å². The largest absolute Gasteiger partial charge is 0.493 e. The number of nitrogens with one attached hydrogen (secondary N) is 1. The maximum Gasteiger partial charge on any atom is 0.243 e. The number of piperidine rings is 1. The minimum atomic E-state index is -3.70. The van der Waals surface area contributed by atoms with Crippen LogP contribution in [0.3, 0.4) is 0 Å². The number of anilines is 1. The molecule has 1 fully saturated rings. The molecule has 3 aromatic rings. The molecular formula is C23H24FN3O4S. The van der Waals surface area contributed by atoms with E-state index in [1.165, 1.54) is 42.8 Å². The van der Waals surface area contributed by atoms with E-state index in [9.17, 15) is 12.8 Å². The lowest BCUT2D eigenvalue weighted by Gasteiger charge is -2.45. The fourth-order valence-electron chi connectivity index (χ4n) is 4.74. The van der Waals surface area contributed by atoms with Gasteiger partial charge in [0, 0.05) is 31.0 Å². The number of hydrogen-bond donors (Lipinski definition) is 1. The summed E-state index contributed by atoms with van der Waals surface area (Å²) >= 11 is 0. The normalized spacial score (nSPS) is 17.3. The number of methoxy groups -OCH3 is 2.